The Morgan fingerprint density at radius 1 is 1.86 bits per heavy atom. The summed E-state index contributed by atoms with van der Waals surface area (Å²) in [6.07, 6.45) is 0.611. The molecule has 5 heteroatoms. The fourth-order valence-electron chi connectivity index (χ4n) is 0.229. The zero-order chi connectivity index (χ0) is 5.28. The summed E-state index contributed by atoms with van der Waals surface area (Å²) in [5.41, 5.74) is 1.56. The van der Waals surface area contributed by atoms with E-state index in [0.29, 0.717) is 6.26 Å². The monoisotopic (exact) mass is 108 g/mol. The lowest BCUT2D eigenvalue weighted by Crippen LogP contribution is -2.20. The molecule has 1 rings (SSSR count). The highest BCUT2D eigenvalue weighted by Crippen LogP contribution is 2.03. The van der Waals surface area contributed by atoms with Gasteiger partial charge in [-0.2, -0.15) is 4.39 Å². The van der Waals surface area contributed by atoms with Crippen molar-refractivity contribution in [2.45, 2.75) is 0 Å². The van der Waals surface area contributed by atoms with Crippen LogP contribution < -0.4 is 5.43 Å². The van der Waals surface area contributed by atoms with Gasteiger partial charge in [0, 0.05) is 0 Å². The molecule has 1 N–H and O–H groups in total. The summed E-state index contributed by atoms with van der Waals surface area (Å²) in [5, 5.41) is -0.338. The molecular formula is C2H2F2N2O. The third-order valence-corrected chi connectivity index (χ3v) is 0.443. The van der Waals surface area contributed by atoms with Gasteiger partial charge in [0.1, 0.15) is 5.39 Å². The largest absolute Gasteiger partial charge is 0.362 e. The predicted molar refractivity (Wildman–Crippen MR) is 16.4 cm³/mol. The summed E-state index contributed by atoms with van der Waals surface area (Å²) < 4.78 is 22.9. The van der Waals surface area contributed by atoms with E-state index in [1.54, 1.807) is 5.43 Å². The molecule has 0 spiro atoms. The number of nitrogens with one attached hydrogen (secondary N) is 1. The quantitative estimate of drug-likeness (QED) is 0.359. The van der Waals surface area contributed by atoms with E-state index in [4.69, 9.17) is 0 Å². The van der Waals surface area contributed by atoms with Crippen molar-refractivity contribution in [2.75, 3.05) is 0 Å². The van der Waals surface area contributed by atoms with Crippen molar-refractivity contribution in [2.24, 2.45) is 0 Å². The molecule has 1 aliphatic heterocycles. The van der Waals surface area contributed by atoms with Crippen LogP contribution in [0.25, 0.3) is 0 Å². The molecule has 40 valence electrons. The number of hydrazine groups is 1. The minimum absolute atomic E-state index is 0.338. The average Bonchev–Trinajstić information content (AvgIpc) is 1.87. The van der Waals surface area contributed by atoms with Crippen molar-refractivity contribution in [1.29, 1.82) is 0 Å². The second-order valence-electron chi connectivity index (χ2n) is 0.928. The maximum absolute atomic E-state index is 11.5. The van der Waals surface area contributed by atoms with E-state index in [-0.39, 0.29) is 5.39 Å². The van der Waals surface area contributed by atoms with Crippen molar-refractivity contribution in [3.05, 3.63) is 12.2 Å². The molecule has 0 aliphatic carbocycles. The molecule has 1 aliphatic rings. The van der Waals surface area contributed by atoms with E-state index >= 15 is 0 Å². The topological polar surface area (TPSA) is 24.5 Å². The van der Waals surface area contributed by atoms with Gasteiger partial charge in [-0.15, -0.1) is 0 Å². The van der Waals surface area contributed by atoms with Crippen molar-refractivity contribution >= 4 is 0 Å². The van der Waals surface area contributed by atoms with Gasteiger partial charge in [-0.1, -0.05) is 4.48 Å². The lowest BCUT2D eigenvalue weighted by atomic mass is 11.0. The Kier molecular flexibility index (Phi) is 0.828. The molecule has 0 bridgehead atoms. The SMILES string of the molecule is FC1=CON(F)N1. The third-order valence-electron chi connectivity index (χ3n) is 0.443. The molecule has 0 radical (unpaired) electrons. The standard InChI is InChI=1S/C2H2F2N2O/c3-2-1-7-6(4)5-2/h1,5H. The summed E-state index contributed by atoms with van der Waals surface area (Å²) in [7, 11) is 0. The highest BCUT2D eigenvalue weighted by molar-refractivity contribution is 4.81. The van der Waals surface area contributed by atoms with E-state index in [1.165, 1.54) is 0 Å². The van der Waals surface area contributed by atoms with Gasteiger partial charge in [-0.3, -0.25) is 0 Å². The van der Waals surface area contributed by atoms with Crippen LogP contribution in [0.15, 0.2) is 12.2 Å². The minimum Gasteiger partial charge on any atom is -0.362 e. The molecule has 0 amide bonds. The van der Waals surface area contributed by atoms with Crippen LogP contribution >= 0.6 is 0 Å². The van der Waals surface area contributed by atoms with Gasteiger partial charge in [0.25, 0.3) is 0 Å². The van der Waals surface area contributed by atoms with Crippen molar-refractivity contribution in [3.8, 4) is 0 Å². The Bertz CT molecular complexity index is 104. The molecule has 0 aromatic heterocycles. The van der Waals surface area contributed by atoms with Gasteiger partial charge in [-0.05, 0) is 0 Å². The fraction of sp³-hybridized carbons (Fsp3) is 0. The van der Waals surface area contributed by atoms with Gasteiger partial charge in [0.15, 0.2) is 6.26 Å². The van der Waals surface area contributed by atoms with E-state index in [9.17, 15) is 8.87 Å². The summed E-state index contributed by atoms with van der Waals surface area (Å²) >= 11 is 0. The summed E-state index contributed by atoms with van der Waals surface area (Å²) in [6, 6.07) is 0. The molecule has 0 aromatic carbocycles. The Labute approximate surface area is 38.0 Å². The van der Waals surface area contributed by atoms with Crippen LogP contribution in [0.2, 0.25) is 0 Å². The first-order valence-corrected chi connectivity index (χ1v) is 1.54. The van der Waals surface area contributed by atoms with Crippen molar-refractivity contribution < 1.29 is 13.7 Å². The first-order chi connectivity index (χ1) is 3.29. The van der Waals surface area contributed by atoms with E-state index in [2.05, 4.69) is 4.84 Å². The van der Waals surface area contributed by atoms with Crippen molar-refractivity contribution in [1.82, 2.24) is 10.8 Å². The lowest BCUT2D eigenvalue weighted by Gasteiger charge is -1.96. The smallest absolute Gasteiger partial charge is 0.243 e. The van der Waals surface area contributed by atoms with Crippen LogP contribution in [0.4, 0.5) is 8.87 Å². The third kappa shape index (κ3) is 0.774. The molecule has 0 atom stereocenters. The molecule has 0 fully saturated rings. The number of hydrogen-bond acceptors (Lipinski definition) is 3. The first kappa shape index (κ1) is 4.32. The first-order valence-electron chi connectivity index (χ1n) is 1.54. The Hall–Kier alpha value is -0.840. The Morgan fingerprint density at radius 3 is 2.71 bits per heavy atom. The minimum atomic E-state index is -0.845. The van der Waals surface area contributed by atoms with Crippen LogP contribution in [0.3, 0.4) is 0 Å². The summed E-state index contributed by atoms with van der Waals surface area (Å²) in [6.45, 7) is 0. The van der Waals surface area contributed by atoms with Crippen LogP contribution in [-0.4, -0.2) is 5.39 Å². The summed E-state index contributed by atoms with van der Waals surface area (Å²) in [5.74, 6) is -0.845. The van der Waals surface area contributed by atoms with Gasteiger partial charge in [-0.25, -0.2) is 5.43 Å². The van der Waals surface area contributed by atoms with E-state index in [1.807, 2.05) is 0 Å². The number of hydrogen-bond donors (Lipinski definition) is 1. The van der Waals surface area contributed by atoms with Crippen molar-refractivity contribution in [3.63, 3.8) is 0 Å². The normalized spacial score (nSPS) is 20.6. The maximum atomic E-state index is 11.5. The molecular weight excluding hydrogens is 106 g/mol. The zero-order valence-corrected chi connectivity index (χ0v) is 3.19. The Morgan fingerprint density at radius 2 is 2.57 bits per heavy atom. The lowest BCUT2D eigenvalue weighted by molar-refractivity contribution is -0.256. The molecule has 7 heavy (non-hydrogen) atoms. The summed E-state index contributed by atoms with van der Waals surface area (Å²) in [4.78, 5) is 3.78. The highest BCUT2D eigenvalue weighted by atomic mass is 19.2. The highest BCUT2D eigenvalue weighted by Gasteiger charge is 2.11. The van der Waals surface area contributed by atoms with Crippen LogP contribution in [0, 0.1) is 0 Å². The number of rotatable bonds is 0. The second-order valence-corrected chi connectivity index (χ2v) is 0.928. The van der Waals surface area contributed by atoms with E-state index in [0.717, 1.165) is 0 Å². The van der Waals surface area contributed by atoms with Gasteiger partial charge < -0.3 is 4.84 Å². The molecule has 0 saturated heterocycles. The Balaban J connectivity index is 2.42. The molecule has 1 heterocycles. The van der Waals surface area contributed by atoms with Crippen LogP contribution in [0.1, 0.15) is 0 Å². The molecule has 0 aromatic rings. The van der Waals surface area contributed by atoms with Gasteiger partial charge >= 0.3 is 0 Å². The molecule has 3 nitrogen and oxygen atoms in total. The fourth-order valence-corrected chi connectivity index (χ4v) is 0.229. The zero-order valence-electron chi connectivity index (χ0n) is 3.19. The molecule has 0 unspecified atom stereocenters. The average molecular weight is 108 g/mol. The van der Waals surface area contributed by atoms with E-state index < -0.39 is 5.95 Å². The van der Waals surface area contributed by atoms with Crippen LogP contribution in [0.5, 0.6) is 0 Å². The van der Waals surface area contributed by atoms with Crippen LogP contribution in [-0.2, 0) is 4.84 Å². The number of nitrogens with zero attached hydrogens (tertiary/aromatic N) is 1. The van der Waals surface area contributed by atoms with Gasteiger partial charge in [0.05, 0.1) is 0 Å². The maximum Gasteiger partial charge on any atom is 0.243 e. The second kappa shape index (κ2) is 1.34. The number of halogens is 2. The molecule has 0 saturated carbocycles. The van der Waals surface area contributed by atoms with Gasteiger partial charge in [0.2, 0.25) is 5.95 Å². The predicted octanol–water partition coefficient (Wildman–Crippen LogP) is 0.391.